The van der Waals surface area contributed by atoms with Crippen LogP contribution in [0.15, 0.2) is 51.1 Å². The van der Waals surface area contributed by atoms with Crippen LogP contribution in [0.25, 0.3) is 0 Å². The van der Waals surface area contributed by atoms with Crippen molar-refractivity contribution in [2.75, 3.05) is 14.1 Å². The predicted molar refractivity (Wildman–Crippen MR) is 103 cm³/mol. The summed E-state index contributed by atoms with van der Waals surface area (Å²) in [6, 6.07) is 9.71. The fourth-order valence-corrected chi connectivity index (χ4v) is 5.29. The maximum Gasteiger partial charge on any atom is 0.242 e. The van der Waals surface area contributed by atoms with Crippen LogP contribution in [0.4, 0.5) is 4.39 Å². The molecule has 2 aromatic rings. The summed E-state index contributed by atoms with van der Waals surface area (Å²) in [4.78, 5) is 2.11. The third-order valence-electron chi connectivity index (χ3n) is 3.34. The lowest BCUT2D eigenvalue weighted by molar-refractivity contribution is 0.520. The van der Waals surface area contributed by atoms with Gasteiger partial charge in [0, 0.05) is 34.5 Å². The normalized spacial score (nSPS) is 11.9. The van der Waals surface area contributed by atoms with Gasteiger partial charge >= 0.3 is 0 Å². The molecule has 0 unspecified atom stereocenters. The lowest BCUT2D eigenvalue weighted by atomic mass is 10.2. The molecule has 8 heteroatoms. The fraction of sp³-hybridized carbons (Fsp3) is 0.250. The average Bonchev–Trinajstić information content (AvgIpc) is 2.56. The number of alkyl halides is 2. The quantitative estimate of drug-likeness (QED) is 0.527. The molecule has 24 heavy (non-hydrogen) atoms. The zero-order valence-corrected chi connectivity index (χ0v) is 17.9. The Morgan fingerprint density at radius 3 is 2.08 bits per heavy atom. The minimum absolute atomic E-state index is 0.256. The van der Waals surface area contributed by atoms with E-state index in [0.717, 1.165) is 20.9 Å². The Labute approximate surface area is 162 Å². The van der Waals surface area contributed by atoms with Gasteiger partial charge in [-0.05, 0) is 47.5 Å². The van der Waals surface area contributed by atoms with Crippen molar-refractivity contribution >= 4 is 53.6 Å². The first-order valence-corrected chi connectivity index (χ1v) is 11.4. The van der Waals surface area contributed by atoms with Crippen LogP contribution in [0.2, 0.25) is 0 Å². The summed E-state index contributed by atoms with van der Waals surface area (Å²) in [6.45, 7) is 0. The van der Waals surface area contributed by atoms with Gasteiger partial charge in [-0.25, -0.2) is 17.1 Å². The molecule has 0 radical (unpaired) electrons. The Bertz CT molecular complexity index is 842. The highest BCUT2D eigenvalue weighted by atomic mass is 79.9. The summed E-state index contributed by atoms with van der Waals surface area (Å²) < 4.78 is 39.1. The highest BCUT2D eigenvalue weighted by Gasteiger charge is 2.19. The van der Waals surface area contributed by atoms with Gasteiger partial charge in [0.1, 0.15) is 5.82 Å². The third kappa shape index (κ3) is 4.40. The summed E-state index contributed by atoms with van der Waals surface area (Å²) in [5, 5.41) is 1.07. The molecule has 130 valence electrons. The van der Waals surface area contributed by atoms with Crippen LogP contribution in [-0.2, 0) is 20.7 Å². The lowest BCUT2D eigenvalue weighted by Crippen LogP contribution is -2.22. The topological polar surface area (TPSA) is 37.4 Å². The van der Waals surface area contributed by atoms with E-state index in [9.17, 15) is 12.8 Å². The Balaban J connectivity index is 2.42. The summed E-state index contributed by atoms with van der Waals surface area (Å²) >= 11 is 8.28. The van der Waals surface area contributed by atoms with Crippen molar-refractivity contribution in [3.63, 3.8) is 0 Å². The number of hydrogen-bond acceptors (Lipinski definition) is 3. The molecule has 0 aliphatic rings. The largest absolute Gasteiger partial charge is 0.242 e. The molecular formula is C16H16Br2FNO2S2. The minimum atomic E-state index is -3.47. The molecule has 3 nitrogen and oxygen atoms in total. The maximum absolute atomic E-state index is 13.4. The van der Waals surface area contributed by atoms with E-state index in [2.05, 4.69) is 31.9 Å². The molecule has 0 aliphatic heterocycles. The van der Waals surface area contributed by atoms with Gasteiger partial charge in [0.05, 0.1) is 4.90 Å². The first-order valence-electron chi connectivity index (χ1n) is 6.93. The smallest absolute Gasteiger partial charge is 0.207 e. The molecule has 0 spiro atoms. The Kier molecular flexibility index (Phi) is 6.90. The van der Waals surface area contributed by atoms with E-state index in [1.54, 1.807) is 24.3 Å². The molecule has 2 aromatic carbocycles. The van der Waals surface area contributed by atoms with Gasteiger partial charge in [-0.1, -0.05) is 43.6 Å². The van der Waals surface area contributed by atoms with Gasteiger partial charge in [-0.2, -0.15) is 0 Å². The van der Waals surface area contributed by atoms with E-state index >= 15 is 0 Å². The van der Waals surface area contributed by atoms with Crippen LogP contribution < -0.4 is 0 Å². The molecular weight excluding hydrogens is 481 g/mol. The number of hydrogen-bond donors (Lipinski definition) is 0. The van der Waals surface area contributed by atoms with Crippen molar-refractivity contribution < 1.29 is 12.8 Å². The molecule has 0 heterocycles. The molecule has 0 saturated carbocycles. The van der Waals surface area contributed by atoms with Gasteiger partial charge < -0.3 is 0 Å². The Morgan fingerprint density at radius 1 is 1.00 bits per heavy atom. The number of sulfonamides is 1. The van der Waals surface area contributed by atoms with E-state index in [1.807, 2.05) is 0 Å². The maximum atomic E-state index is 13.4. The van der Waals surface area contributed by atoms with Crippen LogP contribution in [0, 0.1) is 5.82 Å². The van der Waals surface area contributed by atoms with Gasteiger partial charge in [0.2, 0.25) is 10.0 Å². The molecule has 0 atom stereocenters. The number of benzene rings is 2. The zero-order valence-electron chi connectivity index (χ0n) is 13.1. The summed E-state index contributed by atoms with van der Waals surface area (Å²) in [6.07, 6.45) is 0. The minimum Gasteiger partial charge on any atom is -0.207 e. The van der Waals surface area contributed by atoms with Gasteiger partial charge in [0.15, 0.2) is 0 Å². The van der Waals surface area contributed by atoms with Crippen LogP contribution >= 0.6 is 43.6 Å². The van der Waals surface area contributed by atoms with Crippen LogP contribution in [0.5, 0.6) is 0 Å². The van der Waals surface area contributed by atoms with E-state index < -0.39 is 10.0 Å². The second kappa shape index (κ2) is 8.31. The Hall–Kier alpha value is -0.410. The highest BCUT2D eigenvalue weighted by molar-refractivity contribution is 9.08. The van der Waals surface area contributed by atoms with Crippen molar-refractivity contribution in [3.05, 3.63) is 53.3 Å². The molecule has 0 bridgehead atoms. The SMILES string of the molecule is CN(C)S(=O)(=O)c1ccc(Sc2ccc(F)cc2CBr)c(CBr)c1. The molecule has 0 aliphatic carbocycles. The third-order valence-corrected chi connectivity index (χ3v) is 7.60. The molecule has 0 amide bonds. The van der Waals surface area contributed by atoms with Gasteiger partial charge in [-0.3, -0.25) is 0 Å². The van der Waals surface area contributed by atoms with E-state index in [-0.39, 0.29) is 10.7 Å². The van der Waals surface area contributed by atoms with Crippen LogP contribution in [0.3, 0.4) is 0 Å². The summed E-state index contributed by atoms with van der Waals surface area (Å²) in [5.74, 6) is -0.276. The monoisotopic (exact) mass is 495 g/mol. The molecule has 0 saturated heterocycles. The van der Waals surface area contributed by atoms with Gasteiger partial charge in [-0.15, -0.1) is 0 Å². The van der Waals surface area contributed by atoms with E-state index in [0.29, 0.717) is 10.7 Å². The molecule has 2 rings (SSSR count). The summed E-state index contributed by atoms with van der Waals surface area (Å²) in [5.41, 5.74) is 1.72. The predicted octanol–water partition coefficient (Wildman–Crippen LogP) is 5.02. The van der Waals surface area contributed by atoms with Crippen LogP contribution in [-0.4, -0.2) is 26.8 Å². The molecule has 0 aromatic heterocycles. The number of nitrogens with zero attached hydrogens (tertiary/aromatic N) is 1. The first-order chi connectivity index (χ1) is 11.3. The van der Waals surface area contributed by atoms with Crippen LogP contribution in [0.1, 0.15) is 11.1 Å². The van der Waals surface area contributed by atoms with Crippen molar-refractivity contribution in [2.45, 2.75) is 25.3 Å². The second-order valence-corrected chi connectivity index (χ2v) is 9.54. The Morgan fingerprint density at radius 2 is 1.54 bits per heavy atom. The zero-order chi connectivity index (χ0) is 17.9. The summed E-state index contributed by atoms with van der Waals surface area (Å²) in [7, 11) is -0.458. The standard InChI is InChI=1S/C16H16Br2FNO2S2/c1-20(2)24(21,22)14-4-6-16(12(8-14)10-18)23-15-5-3-13(19)7-11(15)9-17/h3-8H,9-10H2,1-2H3. The van der Waals surface area contributed by atoms with Crippen molar-refractivity contribution in [1.82, 2.24) is 4.31 Å². The van der Waals surface area contributed by atoms with Crippen molar-refractivity contribution in [1.29, 1.82) is 0 Å². The second-order valence-electron chi connectivity index (χ2n) is 5.18. The lowest BCUT2D eigenvalue weighted by Gasteiger charge is -2.15. The van der Waals surface area contributed by atoms with Crippen molar-refractivity contribution in [2.24, 2.45) is 0 Å². The fourth-order valence-electron chi connectivity index (χ4n) is 2.00. The number of rotatable bonds is 6. The highest BCUT2D eigenvalue weighted by Crippen LogP contribution is 2.36. The van der Waals surface area contributed by atoms with Gasteiger partial charge in [0.25, 0.3) is 0 Å². The first kappa shape index (κ1) is 19.9. The molecule has 0 fully saturated rings. The number of halogens is 3. The average molecular weight is 497 g/mol. The van der Waals surface area contributed by atoms with Crippen molar-refractivity contribution in [3.8, 4) is 0 Å². The van der Waals surface area contributed by atoms with E-state index in [4.69, 9.17) is 0 Å². The van der Waals surface area contributed by atoms with E-state index in [1.165, 1.54) is 42.3 Å². The molecule has 0 N–H and O–H groups in total.